The molecule has 0 aromatic carbocycles. The monoisotopic (exact) mass is 343 g/mol. The Morgan fingerprint density at radius 2 is 2.24 bits per heavy atom. The average Bonchev–Trinajstić information content (AvgIpc) is 3.20. The van der Waals surface area contributed by atoms with Gasteiger partial charge < -0.3 is 26.4 Å². The molecule has 5 N–H and O–H groups in total. The Labute approximate surface area is 144 Å². The number of fused-ring (bicyclic) bond motifs is 1. The summed E-state index contributed by atoms with van der Waals surface area (Å²) >= 11 is 0. The van der Waals surface area contributed by atoms with E-state index in [9.17, 15) is 9.90 Å². The predicted molar refractivity (Wildman–Crippen MR) is 94.4 cm³/mol. The van der Waals surface area contributed by atoms with Crippen LogP contribution in [-0.2, 0) is 0 Å². The van der Waals surface area contributed by atoms with Crippen LogP contribution in [0.2, 0.25) is 0 Å². The van der Waals surface area contributed by atoms with Gasteiger partial charge in [-0.2, -0.15) is 5.10 Å². The zero-order valence-corrected chi connectivity index (χ0v) is 13.8. The van der Waals surface area contributed by atoms with Gasteiger partial charge in [0.15, 0.2) is 5.82 Å². The Bertz CT molecular complexity index is 860. The standard InChI is InChI=1S/C16H21N7O2/c17-11-2-1-4-21(8-11)13-6-12(10-3-5-22(7-10)16(24)25)23-14(13)15(18)19-9-20-23/h3,6,9,11H,1-2,4-5,7-8,17H2,(H,24,25)(H2,18,19,20). The molecule has 2 aromatic heterocycles. The van der Waals surface area contributed by atoms with Gasteiger partial charge in [-0.25, -0.2) is 14.3 Å². The maximum absolute atomic E-state index is 11.2. The van der Waals surface area contributed by atoms with Gasteiger partial charge in [0.25, 0.3) is 0 Å². The van der Waals surface area contributed by atoms with Crippen molar-refractivity contribution in [3.63, 3.8) is 0 Å². The second-order valence-electron chi connectivity index (χ2n) is 6.56. The molecular weight excluding hydrogens is 322 g/mol. The number of aromatic nitrogens is 3. The maximum atomic E-state index is 11.2. The second kappa shape index (κ2) is 5.92. The smallest absolute Gasteiger partial charge is 0.407 e. The van der Waals surface area contributed by atoms with Crippen LogP contribution in [-0.4, -0.2) is 62.9 Å². The second-order valence-corrected chi connectivity index (χ2v) is 6.56. The van der Waals surface area contributed by atoms with E-state index < -0.39 is 6.09 Å². The first-order chi connectivity index (χ1) is 12.0. The van der Waals surface area contributed by atoms with Gasteiger partial charge in [0.1, 0.15) is 11.8 Å². The molecule has 4 rings (SSSR count). The molecule has 2 aliphatic heterocycles. The molecule has 132 valence electrons. The Morgan fingerprint density at radius 1 is 1.40 bits per heavy atom. The van der Waals surface area contributed by atoms with Gasteiger partial charge in [0, 0.05) is 25.7 Å². The Morgan fingerprint density at radius 3 is 2.96 bits per heavy atom. The Hall–Kier alpha value is -2.81. The molecule has 9 nitrogen and oxygen atoms in total. The lowest BCUT2D eigenvalue weighted by Crippen LogP contribution is -2.42. The van der Waals surface area contributed by atoms with Gasteiger partial charge >= 0.3 is 6.09 Å². The summed E-state index contributed by atoms with van der Waals surface area (Å²) in [5, 5.41) is 13.5. The highest BCUT2D eigenvalue weighted by molar-refractivity contribution is 5.88. The van der Waals surface area contributed by atoms with Crippen molar-refractivity contribution in [2.75, 3.05) is 36.8 Å². The molecule has 0 aliphatic carbocycles. The zero-order valence-electron chi connectivity index (χ0n) is 13.8. The summed E-state index contributed by atoms with van der Waals surface area (Å²) in [5.74, 6) is 0.407. The zero-order chi connectivity index (χ0) is 17.6. The fraction of sp³-hybridized carbons (Fsp3) is 0.438. The van der Waals surface area contributed by atoms with Gasteiger partial charge in [-0.1, -0.05) is 6.08 Å². The summed E-state index contributed by atoms with van der Waals surface area (Å²) in [4.78, 5) is 18.9. The van der Waals surface area contributed by atoms with Crippen LogP contribution in [0.15, 0.2) is 18.5 Å². The van der Waals surface area contributed by atoms with E-state index >= 15 is 0 Å². The van der Waals surface area contributed by atoms with Crippen molar-refractivity contribution < 1.29 is 9.90 Å². The van der Waals surface area contributed by atoms with Crippen molar-refractivity contribution in [1.82, 2.24) is 19.5 Å². The summed E-state index contributed by atoms with van der Waals surface area (Å²) in [7, 11) is 0. The molecule has 0 saturated carbocycles. The molecule has 1 amide bonds. The third kappa shape index (κ3) is 2.66. The summed E-state index contributed by atoms with van der Waals surface area (Å²) in [6.45, 7) is 2.38. The maximum Gasteiger partial charge on any atom is 0.407 e. The van der Waals surface area contributed by atoms with Crippen LogP contribution in [0.5, 0.6) is 0 Å². The molecule has 1 saturated heterocycles. The van der Waals surface area contributed by atoms with Gasteiger partial charge in [-0.05, 0) is 24.5 Å². The number of anilines is 2. The topological polar surface area (TPSA) is 126 Å². The van der Waals surface area contributed by atoms with E-state index in [1.165, 1.54) is 11.2 Å². The van der Waals surface area contributed by atoms with Crippen molar-refractivity contribution in [2.24, 2.45) is 5.73 Å². The molecule has 1 atom stereocenters. The van der Waals surface area contributed by atoms with E-state index in [4.69, 9.17) is 11.5 Å². The summed E-state index contributed by atoms with van der Waals surface area (Å²) in [6.07, 6.45) is 4.45. The fourth-order valence-electron chi connectivity index (χ4n) is 3.63. The van der Waals surface area contributed by atoms with Gasteiger partial charge in [-0.15, -0.1) is 0 Å². The average molecular weight is 343 g/mol. The fourth-order valence-corrected chi connectivity index (χ4v) is 3.63. The highest BCUT2D eigenvalue weighted by Crippen LogP contribution is 2.34. The van der Waals surface area contributed by atoms with E-state index in [-0.39, 0.29) is 6.04 Å². The number of nitrogen functional groups attached to an aromatic ring is 1. The first kappa shape index (κ1) is 15.7. The lowest BCUT2D eigenvalue weighted by atomic mass is 10.1. The molecule has 0 spiro atoms. The van der Waals surface area contributed by atoms with Crippen LogP contribution >= 0.6 is 0 Å². The number of carboxylic acid groups (broad SMARTS) is 1. The third-order valence-electron chi connectivity index (χ3n) is 4.88. The molecule has 1 fully saturated rings. The SMILES string of the molecule is Nc1ncnn2c(C3=CCN(C(=O)O)C3)cc(N3CCCC(N)C3)c12. The van der Waals surface area contributed by atoms with Crippen molar-refractivity contribution in [3.05, 3.63) is 24.2 Å². The van der Waals surface area contributed by atoms with Crippen LogP contribution in [0.3, 0.4) is 0 Å². The third-order valence-corrected chi connectivity index (χ3v) is 4.88. The highest BCUT2D eigenvalue weighted by Gasteiger charge is 2.27. The summed E-state index contributed by atoms with van der Waals surface area (Å²) < 4.78 is 1.76. The van der Waals surface area contributed by atoms with Crippen molar-refractivity contribution in [2.45, 2.75) is 18.9 Å². The van der Waals surface area contributed by atoms with E-state index in [0.29, 0.717) is 18.9 Å². The number of hydrogen-bond donors (Lipinski definition) is 3. The molecule has 1 unspecified atom stereocenters. The Balaban J connectivity index is 1.79. The van der Waals surface area contributed by atoms with Crippen LogP contribution in [0.25, 0.3) is 11.1 Å². The number of nitrogens with zero attached hydrogens (tertiary/aromatic N) is 5. The molecule has 0 bridgehead atoms. The molecule has 9 heteroatoms. The van der Waals surface area contributed by atoms with Gasteiger partial charge in [-0.3, -0.25) is 0 Å². The normalized spacial score (nSPS) is 21.0. The van der Waals surface area contributed by atoms with Crippen LogP contribution in [0.1, 0.15) is 18.5 Å². The summed E-state index contributed by atoms with van der Waals surface area (Å²) in [5.41, 5.74) is 15.7. The number of nitrogens with two attached hydrogens (primary N) is 2. The first-order valence-corrected chi connectivity index (χ1v) is 8.34. The lowest BCUT2D eigenvalue weighted by molar-refractivity contribution is 0.158. The lowest BCUT2D eigenvalue weighted by Gasteiger charge is -2.32. The molecule has 2 aliphatic rings. The Kier molecular flexibility index (Phi) is 3.72. The number of piperidine rings is 1. The van der Waals surface area contributed by atoms with E-state index in [2.05, 4.69) is 15.0 Å². The van der Waals surface area contributed by atoms with E-state index in [1.807, 2.05) is 12.1 Å². The molecule has 2 aromatic rings. The molecule has 4 heterocycles. The van der Waals surface area contributed by atoms with Crippen LogP contribution < -0.4 is 16.4 Å². The molecule has 0 radical (unpaired) electrons. The van der Waals surface area contributed by atoms with Crippen molar-refractivity contribution in [3.8, 4) is 0 Å². The minimum atomic E-state index is -0.927. The summed E-state index contributed by atoms with van der Waals surface area (Å²) in [6, 6.07) is 2.15. The number of amides is 1. The largest absolute Gasteiger partial charge is 0.465 e. The van der Waals surface area contributed by atoms with Crippen LogP contribution in [0, 0.1) is 0 Å². The van der Waals surface area contributed by atoms with E-state index in [0.717, 1.165) is 48.4 Å². The van der Waals surface area contributed by atoms with Gasteiger partial charge in [0.05, 0.1) is 17.9 Å². The number of carbonyl (C=O) groups is 1. The van der Waals surface area contributed by atoms with Crippen molar-refractivity contribution in [1.29, 1.82) is 0 Å². The van der Waals surface area contributed by atoms with Crippen molar-refractivity contribution >= 4 is 28.7 Å². The minimum absolute atomic E-state index is 0.131. The van der Waals surface area contributed by atoms with Crippen LogP contribution in [0.4, 0.5) is 16.3 Å². The molecular formula is C16H21N7O2. The molecule has 25 heavy (non-hydrogen) atoms. The highest BCUT2D eigenvalue weighted by atomic mass is 16.4. The minimum Gasteiger partial charge on any atom is -0.465 e. The quantitative estimate of drug-likeness (QED) is 0.729. The first-order valence-electron chi connectivity index (χ1n) is 8.34. The number of rotatable bonds is 2. The predicted octanol–water partition coefficient (Wildman–Crippen LogP) is 0.616. The van der Waals surface area contributed by atoms with E-state index in [1.54, 1.807) is 4.52 Å². The number of hydrogen-bond acceptors (Lipinski definition) is 6. The van der Waals surface area contributed by atoms with Gasteiger partial charge in [0.2, 0.25) is 0 Å².